The highest BCUT2D eigenvalue weighted by molar-refractivity contribution is 5.70. The van der Waals surface area contributed by atoms with Crippen molar-refractivity contribution in [2.45, 2.75) is 54.9 Å². The van der Waals surface area contributed by atoms with Gasteiger partial charge in [-0.2, -0.15) is 0 Å². The third-order valence-electron chi connectivity index (χ3n) is 11.9. The number of fused-ring (bicyclic) bond motifs is 3. The Kier molecular flexibility index (Phi) is 9.77. The smallest absolute Gasteiger partial charge is 0.202 e. The van der Waals surface area contributed by atoms with Crippen molar-refractivity contribution in [3.63, 3.8) is 0 Å². The molecule has 3 aliphatic rings. The maximum absolute atomic E-state index is 12.5. The van der Waals surface area contributed by atoms with Crippen LogP contribution < -0.4 is 18.9 Å². The number of ether oxygens (including phenoxy) is 4. The van der Waals surface area contributed by atoms with Crippen molar-refractivity contribution < 1.29 is 85.3 Å². The highest BCUT2D eigenvalue weighted by Gasteiger charge is 2.50. The zero-order valence-electron chi connectivity index (χ0n) is 32.9. The molecule has 0 amide bonds. The molecule has 13 N–H and O–H groups in total. The average Bonchev–Trinajstić information content (AvgIpc) is 3.22. The minimum atomic E-state index is -1.78. The zero-order chi connectivity index (χ0) is 44.8. The first kappa shape index (κ1) is 40.8. The summed E-state index contributed by atoms with van der Waals surface area (Å²) in [5, 5.41) is 147. The van der Waals surface area contributed by atoms with Gasteiger partial charge >= 0.3 is 0 Å². The number of aliphatic hydroxyl groups is 3. The number of rotatable bonds is 6. The monoisotopic (exact) mass is 864 g/mol. The second-order valence-corrected chi connectivity index (χ2v) is 15.7. The summed E-state index contributed by atoms with van der Waals surface area (Å²) in [5.41, 5.74) is -0.338. The summed E-state index contributed by atoms with van der Waals surface area (Å²) in [4.78, 5) is 0. The molecule has 0 saturated carbocycles. The third-order valence-corrected chi connectivity index (χ3v) is 11.9. The van der Waals surface area contributed by atoms with E-state index in [9.17, 15) is 66.4 Å². The van der Waals surface area contributed by atoms with Crippen molar-refractivity contribution >= 4 is 0 Å². The number of methoxy groups -OCH3 is 1. The van der Waals surface area contributed by atoms with Gasteiger partial charge in [-0.1, -0.05) is 24.3 Å². The molecular formula is C46H40O17. The van der Waals surface area contributed by atoms with E-state index in [-0.39, 0.29) is 79.9 Å². The summed E-state index contributed by atoms with van der Waals surface area (Å²) in [6.07, 6.45) is -9.38. The van der Waals surface area contributed by atoms with E-state index in [0.717, 1.165) is 18.2 Å². The molecule has 0 bridgehead atoms. The molecule has 6 aromatic carbocycles. The van der Waals surface area contributed by atoms with Crippen molar-refractivity contribution in [1.29, 1.82) is 0 Å². The maximum atomic E-state index is 12.5. The lowest BCUT2D eigenvalue weighted by Gasteiger charge is -2.43. The molecule has 8 atom stereocenters. The van der Waals surface area contributed by atoms with E-state index < -0.39 is 94.5 Å². The average molecular weight is 865 g/mol. The SMILES string of the molecule is COc1c(O)cc([C@H]2Oc3c(c(O)cc(O)c3[C@H]3c4c(O)cc(O)c([C@H]5c6c(O)cc(O)cc6O[C@H](c6ccc(O)cc6)[C@@H]5O)c4O[C@H](c4ccc(O)cc4)[C@@H]3O)C[C@H]2O)cc1O. The van der Waals surface area contributed by atoms with E-state index in [2.05, 4.69) is 0 Å². The number of phenolic OH excluding ortho intramolecular Hbond substituents is 10. The Morgan fingerprint density at radius 1 is 0.444 bits per heavy atom. The lowest BCUT2D eigenvalue weighted by atomic mass is 9.73. The number of aromatic hydroxyl groups is 10. The Balaban J connectivity index is 1.30. The van der Waals surface area contributed by atoms with Crippen molar-refractivity contribution in [3.05, 3.63) is 129 Å². The molecule has 0 fully saturated rings. The molecule has 3 aliphatic heterocycles. The first-order valence-corrected chi connectivity index (χ1v) is 19.5. The molecule has 9 rings (SSSR count). The number of benzene rings is 6. The standard InChI is InChI=1S/C46H40O17/c1-60-45-29(55)10-19(11-30(45)56)41-31(57)14-23-24(50)15-26(52)34(44(23)62-41)38-36-28(54)16-27(53)35(46(36)63-43(40(38)59)18-4-8-21(48)9-5-18)37-33-25(51)12-22(49)13-32(33)61-42(39(37)58)17-2-6-20(47)7-3-17/h2-13,15-16,31,37-43,47-59H,14H2,1H3/t31-,37-,38+,39-,40-,41-,42-,43-/m1/s1. The third kappa shape index (κ3) is 6.60. The van der Waals surface area contributed by atoms with E-state index in [0.29, 0.717) is 5.56 Å². The summed E-state index contributed by atoms with van der Waals surface area (Å²) in [6, 6.07) is 17.5. The highest BCUT2D eigenvalue weighted by atomic mass is 16.5. The molecule has 326 valence electrons. The highest BCUT2D eigenvalue weighted by Crippen LogP contribution is 2.62. The Bertz CT molecular complexity index is 2750. The van der Waals surface area contributed by atoms with Crippen LogP contribution in [0.25, 0.3) is 0 Å². The molecule has 3 heterocycles. The van der Waals surface area contributed by atoms with Crippen molar-refractivity contribution in [3.8, 4) is 80.5 Å². The molecule has 6 aromatic rings. The molecule has 0 aliphatic carbocycles. The van der Waals surface area contributed by atoms with E-state index in [4.69, 9.17) is 18.9 Å². The Labute approximate surface area is 356 Å². The first-order chi connectivity index (χ1) is 30.1. The van der Waals surface area contributed by atoms with E-state index in [1.54, 1.807) is 0 Å². The first-order valence-electron chi connectivity index (χ1n) is 19.5. The van der Waals surface area contributed by atoms with Crippen LogP contribution in [0.4, 0.5) is 0 Å². The molecule has 17 heteroatoms. The molecular weight excluding hydrogens is 824 g/mol. The van der Waals surface area contributed by atoms with E-state index in [1.165, 1.54) is 73.8 Å². The quantitative estimate of drug-likeness (QED) is 0.104. The van der Waals surface area contributed by atoms with Crippen molar-refractivity contribution in [1.82, 2.24) is 0 Å². The van der Waals surface area contributed by atoms with Crippen LogP contribution in [-0.4, -0.2) is 91.8 Å². The molecule has 0 radical (unpaired) electrons. The minimum absolute atomic E-state index is 0.0383. The summed E-state index contributed by atoms with van der Waals surface area (Å²) in [6.45, 7) is 0. The maximum Gasteiger partial charge on any atom is 0.202 e. The van der Waals surface area contributed by atoms with Crippen LogP contribution in [-0.2, 0) is 6.42 Å². The number of hydrogen-bond donors (Lipinski definition) is 13. The Morgan fingerprint density at radius 2 is 0.905 bits per heavy atom. The molecule has 17 nitrogen and oxygen atoms in total. The van der Waals surface area contributed by atoms with Gasteiger partial charge in [0.2, 0.25) is 5.75 Å². The van der Waals surface area contributed by atoms with Crippen molar-refractivity contribution in [2.24, 2.45) is 0 Å². The van der Waals surface area contributed by atoms with Crippen LogP contribution in [0.5, 0.6) is 80.5 Å². The van der Waals surface area contributed by atoms with Gasteiger partial charge in [-0.3, -0.25) is 0 Å². The van der Waals surface area contributed by atoms with Gasteiger partial charge in [0, 0.05) is 64.1 Å². The van der Waals surface area contributed by atoms with Gasteiger partial charge in [0.25, 0.3) is 0 Å². The van der Waals surface area contributed by atoms with E-state index >= 15 is 0 Å². The topological polar surface area (TPSA) is 300 Å². The molecule has 0 aromatic heterocycles. The van der Waals surface area contributed by atoms with Gasteiger partial charge in [0.15, 0.2) is 29.8 Å². The van der Waals surface area contributed by atoms with Gasteiger partial charge in [0.1, 0.15) is 75.5 Å². The van der Waals surface area contributed by atoms with Crippen LogP contribution in [0.15, 0.2) is 84.9 Å². The minimum Gasteiger partial charge on any atom is -0.508 e. The predicted molar refractivity (Wildman–Crippen MR) is 217 cm³/mol. The van der Waals surface area contributed by atoms with Crippen LogP contribution >= 0.6 is 0 Å². The normalized spacial score (nSPS) is 23.6. The fourth-order valence-corrected chi connectivity index (χ4v) is 9.11. The largest absolute Gasteiger partial charge is 0.508 e. The van der Waals surface area contributed by atoms with Crippen LogP contribution in [0, 0.1) is 0 Å². The number of phenols is 10. The van der Waals surface area contributed by atoms with Crippen LogP contribution in [0.1, 0.15) is 74.7 Å². The van der Waals surface area contributed by atoms with Crippen LogP contribution in [0.3, 0.4) is 0 Å². The zero-order valence-corrected chi connectivity index (χ0v) is 32.9. The Hall–Kier alpha value is -7.60. The fourth-order valence-electron chi connectivity index (χ4n) is 9.11. The molecule has 0 saturated heterocycles. The van der Waals surface area contributed by atoms with Crippen molar-refractivity contribution in [2.75, 3.05) is 7.11 Å². The summed E-state index contributed by atoms with van der Waals surface area (Å²) in [7, 11) is 1.22. The lowest BCUT2D eigenvalue weighted by Crippen LogP contribution is -2.39. The Morgan fingerprint density at radius 3 is 1.44 bits per heavy atom. The van der Waals surface area contributed by atoms with Gasteiger partial charge in [-0.05, 0) is 47.5 Å². The summed E-state index contributed by atoms with van der Waals surface area (Å²) in [5.74, 6) is -8.89. The van der Waals surface area contributed by atoms with Crippen LogP contribution in [0.2, 0.25) is 0 Å². The molecule has 0 spiro atoms. The predicted octanol–water partition coefficient (Wildman–Crippen LogP) is 5.04. The number of hydrogen-bond acceptors (Lipinski definition) is 17. The van der Waals surface area contributed by atoms with Gasteiger partial charge in [-0.25, -0.2) is 0 Å². The molecule has 63 heavy (non-hydrogen) atoms. The summed E-state index contributed by atoms with van der Waals surface area (Å²) >= 11 is 0. The second kappa shape index (κ2) is 15.1. The van der Waals surface area contributed by atoms with Gasteiger partial charge in [-0.15, -0.1) is 0 Å². The van der Waals surface area contributed by atoms with Gasteiger partial charge < -0.3 is 85.3 Å². The second-order valence-electron chi connectivity index (χ2n) is 15.7. The summed E-state index contributed by atoms with van der Waals surface area (Å²) < 4.78 is 24.1. The number of aliphatic hydroxyl groups excluding tert-OH is 3. The molecule has 0 unspecified atom stereocenters. The van der Waals surface area contributed by atoms with Gasteiger partial charge in [0.05, 0.1) is 25.0 Å². The van der Waals surface area contributed by atoms with E-state index in [1.807, 2.05) is 0 Å². The lowest BCUT2D eigenvalue weighted by molar-refractivity contribution is -0.00555. The fraction of sp³-hybridized carbons (Fsp3) is 0.217.